The Kier molecular flexibility index (Phi) is 6.13. The van der Waals surface area contributed by atoms with Gasteiger partial charge in [-0.1, -0.05) is 0 Å². The molecule has 1 aromatic heterocycles. The fourth-order valence-corrected chi connectivity index (χ4v) is 3.10. The monoisotopic (exact) mass is 382 g/mol. The molecule has 2 heterocycles. The van der Waals surface area contributed by atoms with Crippen molar-refractivity contribution < 1.29 is 14.3 Å². The number of benzene rings is 1. The molecule has 0 unspecified atom stereocenters. The Balaban J connectivity index is 1.63. The van der Waals surface area contributed by atoms with Gasteiger partial charge in [0.25, 0.3) is 5.91 Å². The van der Waals surface area contributed by atoms with Gasteiger partial charge in [-0.3, -0.25) is 14.6 Å². The maximum absolute atomic E-state index is 12.6. The minimum Gasteiger partial charge on any atom is -0.491 e. The highest BCUT2D eigenvalue weighted by Crippen LogP contribution is 2.20. The topological polar surface area (TPSA) is 74.8 Å². The van der Waals surface area contributed by atoms with E-state index in [-0.39, 0.29) is 17.9 Å². The molecule has 1 fully saturated rings. The van der Waals surface area contributed by atoms with Crippen LogP contribution < -0.4 is 15.0 Å². The molecule has 1 saturated heterocycles. The molecule has 1 aliphatic heterocycles. The molecule has 28 heavy (non-hydrogen) atoms. The van der Waals surface area contributed by atoms with E-state index in [9.17, 15) is 9.59 Å². The number of aromatic nitrogens is 1. The number of carbonyl (C=O) groups excluding carboxylic acids is 2. The standard InChI is InChI=1S/C21H26N4O3/c1-15(2)28-19-6-4-17(5-7-19)23-21(27)20-14-18(8-9-22-20)25-12-10-24(11-13-25)16(3)26/h4-9,14-15H,10-13H2,1-3H3,(H,23,27). The van der Waals surface area contributed by atoms with Crippen molar-refractivity contribution in [2.24, 2.45) is 0 Å². The highest BCUT2D eigenvalue weighted by molar-refractivity contribution is 6.03. The van der Waals surface area contributed by atoms with E-state index in [0.29, 0.717) is 24.5 Å². The highest BCUT2D eigenvalue weighted by atomic mass is 16.5. The molecule has 1 aromatic carbocycles. The predicted molar refractivity (Wildman–Crippen MR) is 109 cm³/mol. The Morgan fingerprint density at radius 3 is 2.36 bits per heavy atom. The van der Waals surface area contributed by atoms with Crippen LogP contribution in [0.2, 0.25) is 0 Å². The molecule has 1 aliphatic rings. The molecule has 2 amide bonds. The van der Waals surface area contributed by atoms with Crippen molar-refractivity contribution in [1.29, 1.82) is 0 Å². The van der Waals surface area contributed by atoms with Crippen LogP contribution in [0, 0.1) is 0 Å². The molecule has 1 N–H and O–H groups in total. The molecule has 7 heteroatoms. The molecule has 3 rings (SSSR count). The second-order valence-corrected chi connectivity index (χ2v) is 7.04. The first kappa shape index (κ1) is 19.7. The van der Waals surface area contributed by atoms with Gasteiger partial charge >= 0.3 is 0 Å². The van der Waals surface area contributed by atoms with Crippen molar-refractivity contribution in [3.63, 3.8) is 0 Å². The first-order valence-electron chi connectivity index (χ1n) is 9.47. The summed E-state index contributed by atoms with van der Waals surface area (Å²) in [6.07, 6.45) is 1.74. The Morgan fingerprint density at radius 2 is 1.75 bits per heavy atom. The third kappa shape index (κ3) is 5.00. The van der Waals surface area contributed by atoms with Crippen LogP contribution in [0.5, 0.6) is 5.75 Å². The van der Waals surface area contributed by atoms with Crippen molar-refractivity contribution in [2.75, 3.05) is 36.4 Å². The van der Waals surface area contributed by atoms with E-state index in [1.807, 2.05) is 36.9 Å². The van der Waals surface area contributed by atoms with Gasteiger partial charge < -0.3 is 19.9 Å². The van der Waals surface area contributed by atoms with E-state index < -0.39 is 0 Å². The van der Waals surface area contributed by atoms with E-state index in [4.69, 9.17) is 4.74 Å². The summed E-state index contributed by atoms with van der Waals surface area (Å²) in [6, 6.07) is 10.9. The molecule has 0 spiro atoms. The lowest BCUT2D eigenvalue weighted by atomic mass is 10.2. The molecule has 0 radical (unpaired) electrons. The first-order valence-corrected chi connectivity index (χ1v) is 9.47. The maximum Gasteiger partial charge on any atom is 0.274 e. The molecule has 0 saturated carbocycles. The van der Waals surface area contributed by atoms with Gasteiger partial charge in [0.1, 0.15) is 11.4 Å². The molecule has 0 atom stereocenters. The number of pyridine rings is 1. The van der Waals surface area contributed by atoms with Crippen molar-refractivity contribution in [2.45, 2.75) is 26.9 Å². The van der Waals surface area contributed by atoms with Gasteiger partial charge in [0.15, 0.2) is 0 Å². The van der Waals surface area contributed by atoms with Gasteiger partial charge in [-0.05, 0) is 50.2 Å². The fraction of sp³-hybridized carbons (Fsp3) is 0.381. The van der Waals surface area contributed by atoms with E-state index in [1.54, 1.807) is 31.3 Å². The van der Waals surface area contributed by atoms with Crippen LogP contribution in [-0.4, -0.2) is 54.0 Å². The lowest BCUT2D eigenvalue weighted by Gasteiger charge is -2.35. The Labute approximate surface area is 165 Å². The molecule has 0 aliphatic carbocycles. The summed E-state index contributed by atoms with van der Waals surface area (Å²) in [4.78, 5) is 32.2. The van der Waals surface area contributed by atoms with Crippen LogP contribution in [0.4, 0.5) is 11.4 Å². The minimum atomic E-state index is -0.262. The zero-order valence-electron chi connectivity index (χ0n) is 16.5. The number of rotatable bonds is 5. The van der Waals surface area contributed by atoms with Crippen molar-refractivity contribution in [1.82, 2.24) is 9.88 Å². The second-order valence-electron chi connectivity index (χ2n) is 7.04. The van der Waals surface area contributed by atoms with Gasteiger partial charge in [0.05, 0.1) is 6.10 Å². The zero-order valence-corrected chi connectivity index (χ0v) is 16.5. The summed E-state index contributed by atoms with van der Waals surface area (Å²) in [5.41, 5.74) is 1.97. The average Bonchev–Trinajstić information content (AvgIpc) is 2.69. The van der Waals surface area contributed by atoms with Gasteiger partial charge in [-0.25, -0.2) is 0 Å². The number of anilines is 2. The number of hydrogen-bond donors (Lipinski definition) is 1. The number of nitrogens with one attached hydrogen (secondary N) is 1. The molecule has 2 aromatic rings. The number of hydrogen-bond acceptors (Lipinski definition) is 5. The first-order chi connectivity index (χ1) is 13.4. The Hall–Kier alpha value is -3.09. The molecule has 148 valence electrons. The molecule has 7 nitrogen and oxygen atoms in total. The van der Waals surface area contributed by atoms with Crippen LogP contribution in [0.3, 0.4) is 0 Å². The van der Waals surface area contributed by atoms with E-state index in [0.717, 1.165) is 24.5 Å². The molecular formula is C21H26N4O3. The lowest BCUT2D eigenvalue weighted by molar-refractivity contribution is -0.129. The van der Waals surface area contributed by atoms with Crippen LogP contribution in [-0.2, 0) is 4.79 Å². The Bertz CT molecular complexity index is 828. The number of ether oxygens (including phenoxy) is 1. The van der Waals surface area contributed by atoms with Crippen LogP contribution in [0.25, 0.3) is 0 Å². The van der Waals surface area contributed by atoms with Crippen LogP contribution >= 0.6 is 0 Å². The summed E-state index contributed by atoms with van der Waals surface area (Å²) in [5.74, 6) is 0.596. The normalized spacial score (nSPS) is 14.1. The number of piperazine rings is 1. The average molecular weight is 382 g/mol. The van der Waals surface area contributed by atoms with Crippen molar-refractivity contribution in [3.8, 4) is 5.75 Å². The van der Waals surface area contributed by atoms with E-state index >= 15 is 0 Å². The lowest BCUT2D eigenvalue weighted by Crippen LogP contribution is -2.48. The van der Waals surface area contributed by atoms with Crippen LogP contribution in [0.1, 0.15) is 31.3 Å². The second kappa shape index (κ2) is 8.73. The largest absolute Gasteiger partial charge is 0.491 e. The van der Waals surface area contributed by atoms with Crippen LogP contribution in [0.15, 0.2) is 42.6 Å². The molecular weight excluding hydrogens is 356 g/mol. The third-order valence-corrected chi connectivity index (χ3v) is 4.55. The summed E-state index contributed by atoms with van der Waals surface area (Å²) in [5, 5.41) is 2.86. The molecule has 0 bridgehead atoms. The highest BCUT2D eigenvalue weighted by Gasteiger charge is 2.20. The SMILES string of the molecule is CC(=O)N1CCN(c2ccnc(C(=O)Nc3ccc(OC(C)C)cc3)c2)CC1. The number of amides is 2. The quantitative estimate of drug-likeness (QED) is 0.861. The summed E-state index contributed by atoms with van der Waals surface area (Å²) in [6.45, 7) is 8.37. The summed E-state index contributed by atoms with van der Waals surface area (Å²) < 4.78 is 5.61. The summed E-state index contributed by atoms with van der Waals surface area (Å²) in [7, 11) is 0. The zero-order chi connectivity index (χ0) is 20.1. The van der Waals surface area contributed by atoms with Crippen molar-refractivity contribution >= 4 is 23.2 Å². The maximum atomic E-state index is 12.6. The van der Waals surface area contributed by atoms with E-state index in [1.165, 1.54) is 0 Å². The van der Waals surface area contributed by atoms with Gasteiger partial charge in [0, 0.05) is 50.7 Å². The van der Waals surface area contributed by atoms with Gasteiger partial charge in [-0.15, -0.1) is 0 Å². The number of nitrogens with zero attached hydrogens (tertiary/aromatic N) is 3. The fourth-order valence-electron chi connectivity index (χ4n) is 3.10. The predicted octanol–water partition coefficient (Wildman–Crippen LogP) is 2.79. The van der Waals surface area contributed by atoms with Gasteiger partial charge in [-0.2, -0.15) is 0 Å². The smallest absolute Gasteiger partial charge is 0.274 e. The minimum absolute atomic E-state index is 0.0965. The number of carbonyl (C=O) groups is 2. The Morgan fingerprint density at radius 1 is 1.07 bits per heavy atom. The summed E-state index contributed by atoms with van der Waals surface area (Å²) >= 11 is 0. The van der Waals surface area contributed by atoms with E-state index in [2.05, 4.69) is 15.2 Å². The van der Waals surface area contributed by atoms with Crippen molar-refractivity contribution in [3.05, 3.63) is 48.3 Å². The third-order valence-electron chi connectivity index (χ3n) is 4.55. The van der Waals surface area contributed by atoms with Gasteiger partial charge in [0.2, 0.25) is 5.91 Å².